The molecule has 9 heteroatoms. The third-order valence-electron chi connectivity index (χ3n) is 5.73. The molecule has 2 aliphatic rings. The molecule has 2 aliphatic heterocycles. The van der Waals surface area contributed by atoms with Gasteiger partial charge in [0.05, 0.1) is 18.4 Å². The Morgan fingerprint density at radius 2 is 1.97 bits per heavy atom. The van der Waals surface area contributed by atoms with E-state index in [9.17, 15) is 10.1 Å². The second-order valence-corrected chi connectivity index (χ2v) is 8.08. The smallest absolute Gasteiger partial charge is 0.245 e. The van der Waals surface area contributed by atoms with Gasteiger partial charge in [-0.1, -0.05) is 22.0 Å². The Morgan fingerprint density at radius 1 is 1.23 bits per heavy atom. The Balaban J connectivity index is 1.89. The van der Waals surface area contributed by atoms with Crippen LogP contribution in [-0.4, -0.2) is 23.2 Å². The molecule has 1 spiro atoms. The van der Waals surface area contributed by atoms with E-state index in [1.807, 2.05) is 31.2 Å². The molecule has 1 amide bonds. The van der Waals surface area contributed by atoms with E-state index in [-0.39, 0.29) is 17.3 Å². The quantitative estimate of drug-likeness (QED) is 0.518. The van der Waals surface area contributed by atoms with Gasteiger partial charge in [-0.2, -0.15) is 5.26 Å². The Hall–Kier alpha value is -3.77. The summed E-state index contributed by atoms with van der Waals surface area (Å²) in [6.45, 7) is 1.92. The van der Waals surface area contributed by atoms with Crippen LogP contribution in [0, 0.1) is 18.3 Å². The van der Waals surface area contributed by atoms with Gasteiger partial charge in [-0.05, 0) is 42.8 Å². The van der Waals surface area contributed by atoms with Crippen LogP contribution in [-0.2, 0) is 10.2 Å². The van der Waals surface area contributed by atoms with Crippen LogP contribution in [0.4, 0.5) is 5.69 Å². The van der Waals surface area contributed by atoms with Gasteiger partial charge >= 0.3 is 0 Å². The van der Waals surface area contributed by atoms with E-state index in [4.69, 9.17) is 15.2 Å². The minimum Gasteiger partial charge on any atom is -0.497 e. The summed E-state index contributed by atoms with van der Waals surface area (Å²) in [4.78, 5) is 13.6. The summed E-state index contributed by atoms with van der Waals surface area (Å²) >= 11 is 3.63. The van der Waals surface area contributed by atoms with E-state index < -0.39 is 11.3 Å². The summed E-state index contributed by atoms with van der Waals surface area (Å²) in [7, 11) is 1.59. The molecule has 8 nitrogen and oxygen atoms in total. The maximum absolute atomic E-state index is 13.6. The number of carbonyl (C=O) groups is 1. The van der Waals surface area contributed by atoms with Gasteiger partial charge in [-0.25, -0.2) is 0 Å². The fraction of sp³-hybridized carbons (Fsp3) is 0.136. The topological polar surface area (TPSA) is 126 Å². The zero-order valence-corrected chi connectivity index (χ0v) is 18.1. The average Bonchev–Trinajstić information content (AvgIpc) is 3.31. The van der Waals surface area contributed by atoms with Crippen molar-refractivity contribution in [1.29, 1.82) is 5.26 Å². The third-order valence-corrected chi connectivity index (χ3v) is 6.75. The lowest BCUT2D eigenvalue weighted by molar-refractivity contribution is -0.118. The Kier molecular flexibility index (Phi) is 4.10. The number of nitrogens with one attached hydrogen (secondary N) is 2. The number of halogens is 1. The van der Waals surface area contributed by atoms with Crippen LogP contribution in [0.1, 0.15) is 16.7 Å². The number of rotatable bonds is 2. The number of anilines is 1. The molecule has 0 aliphatic carbocycles. The van der Waals surface area contributed by atoms with Crippen molar-refractivity contribution in [3.05, 3.63) is 69.0 Å². The van der Waals surface area contributed by atoms with Gasteiger partial charge in [0, 0.05) is 21.3 Å². The second kappa shape index (κ2) is 6.62. The SMILES string of the molecule is COc1ccc(-c2[nH]nc3c2[C@@]2(C(=O)Nc4ccc(C)c(Br)c42)C(C#N)=C(N)O3)cc1. The van der Waals surface area contributed by atoms with Gasteiger partial charge in [0.25, 0.3) is 0 Å². The van der Waals surface area contributed by atoms with Gasteiger partial charge in [0.15, 0.2) is 0 Å². The molecule has 0 radical (unpaired) electrons. The largest absolute Gasteiger partial charge is 0.497 e. The number of H-pyrrole nitrogens is 1. The lowest BCUT2D eigenvalue weighted by atomic mass is 9.68. The normalized spacial score (nSPS) is 18.8. The Morgan fingerprint density at radius 3 is 2.65 bits per heavy atom. The summed E-state index contributed by atoms with van der Waals surface area (Å²) in [5.41, 5.74) is 8.47. The average molecular weight is 478 g/mol. The number of nitrogens with zero attached hydrogens (tertiary/aromatic N) is 2. The van der Waals surface area contributed by atoms with E-state index in [0.717, 1.165) is 11.1 Å². The predicted molar refractivity (Wildman–Crippen MR) is 116 cm³/mol. The highest BCUT2D eigenvalue weighted by Gasteiger charge is 2.59. The summed E-state index contributed by atoms with van der Waals surface area (Å²) < 4.78 is 11.6. The molecule has 0 bridgehead atoms. The summed E-state index contributed by atoms with van der Waals surface area (Å²) in [5, 5.41) is 20.2. The number of fused-ring (bicyclic) bond motifs is 4. The van der Waals surface area contributed by atoms with Crippen LogP contribution in [0.2, 0.25) is 0 Å². The minimum absolute atomic E-state index is 0.0127. The Bertz CT molecular complexity index is 1340. The fourth-order valence-electron chi connectivity index (χ4n) is 4.28. The number of amides is 1. The maximum atomic E-state index is 13.6. The predicted octanol–water partition coefficient (Wildman–Crippen LogP) is 3.48. The van der Waals surface area contributed by atoms with Crippen LogP contribution in [0.5, 0.6) is 11.6 Å². The first-order valence-corrected chi connectivity index (χ1v) is 10.1. The second-order valence-electron chi connectivity index (χ2n) is 7.28. The van der Waals surface area contributed by atoms with E-state index in [1.165, 1.54) is 0 Å². The number of methoxy groups -OCH3 is 1. The highest BCUT2D eigenvalue weighted by Crippen LogP contribution is 2.57. The lowest BCUT2D eigenvalue weighted by Crippen LogP contribution is -2.42. The molecule has 154 valence electrons. The molecule has 5 rings (SSSR count). The number of ether oxygens (including phenoxy) is 2. The van der Waals surface area contributed by atoms with Crippen LogP contribution in [0.15, 0.2) is 52.3 Å². The third kappa shape index (κ3) is 2.39. The van der Waals surface area contributed by atoms with Gasteiger partial charge in [-0.15, -0.1) is 5.10 Å². The van der Waals surface area contributed by atoms with Crippen molar-refractivity contribution in [2.75, 3.05) is 12.4 Å². The summed E-state index contributed by atoms with van der Waals surface area (Å²) in [5.74, 6) is 0.291. The molecule has 0 fully saturated rings. The van der Waals surface area contributed by atoms with Gasteiger partial charge in [-0.3, -0.25) is 9.89 Å². The Labute approximate surface area is 185 Å². The minimum atomic E-state index is -1.52. The number of aromatic nitrogens is 2. The monoisotopic (exact) mass is 477 g/mol. The molecule has 4 N–H and O–H groups in total. The van der Waals surface area contributed by atoms with Crippen LogP contribution >= 0.6 is 15.9 Å². The van der Waals surface area contributed by atoms with Crippen LogP contribution < -0.4 is 20.5 Å². The molecule has 3 heterocycles. The van der Waals surface area contributed by atoms with Crippen molar-refractivity contribution in [2.45, 2.75) is 12.3 Å². The van der Waals surface area contributed by atoms with E-state index >= 15 is 0 Å². The van der Waals surface area contributed by atoms with Gasteiger partial charge in [0.2, 0.25) is 17.7 Å². The molecular formula is C22H16BrN5O3. The molecule has 31 heavy (non-hydrogen) atoms. The number of nitrogens with two attached hydrogens (primary N) is 1. The molecule has 2 aromatic carbocycles. The first-order valence-electron chi connectivity index (χ1n) is 9.36. The highest BCUT2D eigenvalue weighted by atomic mass is 79.9. The van der Waals surface area contributed by atoms with Crippen molar-refractivity contribution in [1.82, 2.24) is 10.2 Å². The van der Waals surface area contributed by atoms with Gasteiger partial charge in [0.1, 0.15) is 22.8 Å². The number of nitriles is 1. The first-order chi connectivity index (χ1) is 14.9. The van der Waals surface area contributed by atoms with E-state index in [2.05, 4.69) is 37.5 Å². The van der Waals surface area contributed by atoms with Crippen LogP contribution in [0.25, 0.3) is 11.3 Å². The number of aromatic amines is 1. The highest BCUT2D eigenvalue weighted by molar-refractivity contribution is 9.10. The number of carbonyl (C=O) groups excluding carboxylic acids is 1. The lowest BCUT2D eigenvalue weighted by Gasteiger charge is -2.32. The number of hydrogen-bond acceptors (Lipinski definition) is 6. The molecular weight excluding hydrogens is 462 g/mol. The zero-order valence-electron chi connectivity index (χ0n) is 16.5. The van der Waals surface area contributed by atoms with Crippen LogP contribution in [0.3, 0.4) is 0 Å². The molecule has 1 atom stereocenters. The standard InChI is InChI=1S/C22H16BrN5O3/c1-10-3-8-14-15(17(10)23)22(21(29)26-14)13(9-24)19(25)31-20-16(22)18(27-28-20)11-4-6-12(30-2)7-5-11/h3-8H,25H2,1-2H3,(H,26,29)(H,27,28)/t22-/m1/s1. The molecule has 0 saturated carbocycles. The molecule has 1 aromatic heterocycles. The first kappa shape index (κ1) is 19.2. The van der Waals surface area contributed by atoms with Crippen molar-refractivity contribution < 1.29 is 14.3 Å². The number of aryl methyl sites for hydroxylation is 1. The van der Waals surface area contributed by atoms with E-state index in [0.29, 0.717) is 32.7 Å². The summed E-state index contributed by atoms with van der Waals surface area (Å²) in [6.07, 6.45) is 0. The molecule has 0 unspecified atom stereocenters. The number of benzene rings is 2. The number of hydrogen-bond donors (Lipinski definition) is 3. The fourth-order valence-corrected chi connectivity index (χ4v) is 4.92. The zero-order chi connectivity index (χ0) is 21.9. The summed E-state index contributed by atoms with van der Waals surface area (Å²) in [6, 6.07) is 13.1. The van der Waals surface area contributed by atoms with Crippen molar-refractivity contribution in [2.24, 2.45) is 5.73 Å². The van der Waals surface area contributed by atoms with Gasteiger partial charge < -0.3 is 20.5 Å². The molecule has 3 aromatic rings. The molecule has 0 saturated heterocycles. The maximum Gasteiger partial charge on any atom is 0.245 e. The van der Waals surface area contributed by atoms with Crippen molar-refractivity contribution >= 4 is 27.5 Å². The van der Waals surface area contributed by atoms with E-state index in [1.54, 1.807) is 19.2 Å². The van der Waals surface area contributed by atoms with Crippen molar-refractivity contribution in [3.63, 3.8) is 0 Å². The van der Waals surface area contributed by atoms with Crippen molar-refractivity contribution in [3.8, 4) is 29.0 Å².